The fourth-order valence-corrected chi connectivity index (χ4v) is 6.89. The molecule has 0 saturated heterocycles. The van der Waals surface area contributed by atoms with E-state index >= 15 is 0 Å². The number of aliphatic hydroxyl groups excluding tert-OH is 1. The molecule has 5 N–H and O–H groups in total. The van der Waals surface area contributed by atoms with Gasteiger partial charge in [-0.05, 0) is 49.3 Å². The summed E-state index contributed by atoms with van der Waals surface area (Å²) in [6.07, 6.45) is 4.07. The molecule has 1 aromatic rings. The molecule has 1 fully saturated rings. The van der Waals surface area contributed by atoms with E-state index in [1.807, 2.05) is 58.0 Å². The van der Waals surface area contributed by atoms with Crippen molar-refractivity contribution in [1.82, 2.24) is 0 Å². The van der Waals surface area contributed by atoms with Crippen LogP contribution in [0.1, 0.15) is 53.0 Å². The number of Topliss-reactive ketones (excluding diaryl/α,β-unsaturated/α-hetero) is 1. The average Bonchev–Trinajstić information content (AvgIpc) is 2.98. The molecule has 3 aliphatic rings. The second-order valence-electron chi connectivity index (χ2n) is 11.9. The predicted molar refractivity (Wildman–Crippen MR) is 136 cm³/mol. The molecule has 1 aromatic carbocycles. The zero-order valence-corrected chi connectivity index (χ0v) is 21.8. The molecule has 196 valence electrons. The lowest BCUT2D eigenvalue weighted by Gasteiger charge is -2.61. The zero-order chi connectivity index (χ0) is 26.7. The van der Waals surface area contributed by atoms with Crippen LogP contribution in [0.15, 0.2) is 53.6 Å². The lowest BCUT2D eigenvalue weighted by atomic mass is 9.48. The van der Waals surface area contributed by atoms with Gasteiger partial charge in [-0.1, -0.05) is 63.3 Å². The van der Waals surface area contributed by atoms with Crippen LogP contribution in [-0.4, -0.2) is 56.5 Å². The fraction of sp³-hybridized carbons (Fsp3) is 0.586. The molecule has 0 spiro atoms. The van der Waals surface area contributed by atoms with Crippen LogP contribution < -0.4 is 5.73 Å². The van der Waals surface area contributed by atoms with Crippen LogP contribution in [0.2, 0.25) is 0 Å². The summed E-state index contributed by atoms with van der Waals surface area (Å²) >= 11 is 0. The molecule has 0 amide bonds. The van der Waals surface area contributed by atoms with Gasteiger partial charge >= 0.3 is 5.97 Å². The monoisotopic (exact) mass is 497 g/mol. The van der Waals surface area contributed by atoms with Crippen molar-refractivity contribution in [3.8, 4) is 0 Å². The molecule has 1 saturated carbocycles. The Labute approximate surface area is 213 Å². The van der Waals surface area contributed by atoms with Crippen molar-refractivity contribution >= 4 is 11.8 Å². The van der Waals surface area contributed by atoms with E-state index in [0.29, 0.717) is 24.0 Å². The molecule has 0 aromatic heterocycles. The number of ketones is 1. The van der Waals surface area contributed by atoms with Crippen molar-refractivity contribution < 1.29 is 29.6 Å². The summed E-state index contributed by atoms with van der Waals surface area (Å²) in [4.78, 5) is 26.2. The van der Waals surface area contributed by atoms with E-state index in [4.69, 9.17) is 10.5 Å². The summed E-state index contributed by atoms with van der Waals surface area (Å²) in [6.45, 7) is 8.87. The van der Waals surface area contributed by atoms with E-state index < -0.39 is 57.8 Å². The molecular formula is C29H39NO6. The maximum Gasteiger partial charge on any atom is 0.323 e. The highest BCUT2D eigenvalue weighted by Gasteiger charge is 2.69. The fourth-order valence-electron chi connectivity index (χ4n) is 6.89. The largest absolute Gasteiger partial charge is 0.458 e. The number of fused-ring (bicyclic) bond motifs is 3. The van der Waals surface area contributed by atoms with Crippen molar-refractivity contribution in [3.63, 3.8) is 0 Å². The van der Waals surface area contributed by atoms with Crippen LogP contribution in [0.4, 0.5) is 0 Å². The maximum atomic E-state index is 13.2. The summed E-state index contributed by atoms with van der Waals surface area (Å²) < 4.78 is 6.17. The van der Waals surface area contributed by atoms with Gasteiger partial charge in [0.15, 0.2) is 5.78 Å². The van der Waals surface area contributed by atoms with Gasteiger partial charge in [0.25, 0.3) is 0 Å². The summed E-state index contributed by atoms with van der Waals surface area (Å²) in [5, 5.41) is 34.1. The first-order chi connectivity index (χ1) is 16.7. The van der Waals surface area contributed by atoms with Crippen LogP contribution in [0, 0.1) is 23.2 Å². The van der Waals surface area contributed by atoms with Crippen LogP contribution in [0.5, 0.6) is 0 Å². The predicted octanol–water partition coefficient (Wildman–Crippen LogP) is 2.47. The van der Waals surface area contributed by atoms with Crippen molar-refractivity contribution in [1.29, 1.82) is 0 Å². The Morgan fingerprint density at radius 2 is 1.78 bits per heavy atom. The molecule has 7 nitrogen and oxygen atoms in total. The number of hydrogen-bond acceptors (Lipinski definition) is 7. The standard InChI is InChI=1S/C29H39NO6/c1-17-11-23-28(34,24(17)32)15-20(16-31)13-22-26(3,4)27(5,14-18(2)29(22,23)35)36-25(33)21(30)12-19-9-7-6-8-10-19/h6-11,13,18,21-23,31,34-35H,12,14-16,30H2,1-5H3/t18-,21-,22+,23-,27-,28-,29-/m1/s1. The number of aliphatic hydroxyl groups is 3. The summed E-state index contributed by atoms with van der Waals surface area (Å²) in [5.74, 6) is -2.85. The lowest BCUT2D eigenvalue weighted by molar-refractivity contribution is -0.246. The van der Waals surface area contributed by atoms with Crippen LogP contribution in [0.3, 0.4) is 0 Å². The molecule has 0 aliphatic heterocycles. The number of nitrogens with two attached hydrogens (primary N) is 1. The second-order valence-corrected chi connectivity index (χ2v) is 11.9. The third-order valence-corrected chi connectivity index (χ3v) is 9.33. The lowest BCUT2D eigenvalue weighted by Crippen LogP contribution is -2.69. The number of esters is 1. The number of ether oxygens (including phenoxy) is 1. The van der Waals surface area contributed by atoms with Crippen molar-refractivity contribution in [2.24, 2.45) is 28.9 Å². The van der Waals surface area contributed by atoms with Gasteiger partial charge < -0.3 is 25.8 Å². The number of carbonyl (C=O) groups excluding carboxylic acids is 2. The highest BCUT2D eigenvalue weighted by Crippen LogP contribution is 2.63. The topological polar surface area (TPSA) is 130 Å². The molecule has 0 heterocycles. The number of rotatable bonds is 5. The molecule has 0 unspecified atom stereocenters. The Morgan fingerprint density at radius 3 is 2.39 bits per heavy atom. The summed E-state index contributed by atoms with van der Waals surface area (Å²) in [6, 6.07) is 8.66. The van der Waals surface area contributed by atoms with Gasteiger partial charge in [-0.25, -0.2) is 0 Å². The second kappa shape index (κ2) is 8.91. The normalized spacial score (nSPS) is 38.2. The minimum Gasteiger partial charge on any atom is -0.458 e. The highest BCUT2D eigenvalue weighted by atomic mass is 16.6. The summed E-state index contributed by atoms with van der Waals surface area (Å²) in [5.41, 5.74) is 2.92. The Morgan fingerprint density at radius 1 is 1.14 bits per heavy atom. The van der Waals surface area contributed by atoms with Gasteiger partial charge in [-0.15, -0.1) is 0 Å². The van der Waals surface area contributed by atoms with Crippen LogP contribution >= 0.6 is 0 Å². The molecule has 7 heteroatoms. The van der Waals surface area contributed by atoms with Crippen LogP contribution in [0.25, 0.3) is 0 Å². The van der Waals surface area contributed by atoms with E-state index in [-0.39, 0.29) is 13.0 Å². The highest BCUT2D eigenvalue weighted by molar-refractivity contribution is 6.04. The smallest absolute Gasteiger partial charge is 0.323 e. The third kappa shape index (κ3) is 3.88. The Hall–Kier alpha value is -2.32. The molecule has 4 rings (SSSR count). The molecule has 0 bridgehead atoms. The minimum absolute atomic E-state index is 0.0547. The number of benzene rings is 1. The Balaban J connectivity index is 1.71. The van der Waals surface area contributed by atoms with Gasteiger partial charge in [0, 0.05) is 23.7 Å². The Bertz CT molecular complexity index is 1110. The van der Waals surface area contributed by atoms with E-state index in [9.17, 15) is 24.9 Å². The third-order valence-electron chi connectivity index (χ3n) is 9.33. The van der Waals surface area contributed by atoms with E-state index in [2.05, 4.69) is 0 Å². The van der Waals surface area contributed by atoms with Gasteiger partial charge in [0.1, 0.15) is 17.2 Å². The molecular weight excluding hydrogens is 458 g/mol. The molecule has 7 atom stereocenters. The van der Waals surface area contributed by atoms with E-state index in [0.717, 1.165) is 5.56 Å². The van der Waals surface area contributed by atoms with Gasteiger partial charge in [0.05, 0.1) is 12.2 Å². The Kier molecular flexibility index (Phi) is 6.62. The van der Waals surface area contributed by atoms with Crippen molar-refractivity contribution in [3.05, 3.63) is 59.2 Å². The van der Waals surface area contributed by atoms with E-state index in [1.54, 1.807) is 19.1 Å². The van der Waals surface area contributed by atoms with Gasteiger partial charge in [-0.2, -0.15) is 0 Å². The maximum absolute atomic E-state index is 13.2. The molecule has 36 heavy (non-hydrogen) atoms. The number of carbonyl (C=O) groups is 2. The van der Waals surface area contributed by atoms with Gasteiger partial charge in [-0.3, -0.25) is 9.59 Å². The van der Waals surface area contributed by atoms with Gasteiger partial charge in [0.2, 0.25) is 0 Å². The minimum atomic E-state index is -1.82. The molecule has 3 aliphatic carbocycles. The first-order valence-corrected chi connectivity index (χ1v) is 12.7. The molecule has 0 radical (unpaired) electrons. The summed E-state index contributed by atoms with van der Waals surface area (Å²) in [7, 11) is 0. The van der Waals surface area contributed by atoms with Crippen LogP contribution in [-0.2, 0) is 20.7 Å². The quantitative estimate of drug-likeness (QED) is 0.363. The SMILES string of the molecule is CC1=C[C@H]2[C@@]3(O)[C@H](C)C[C@@](C)(OC(=O)[C@H](N)Cc4ccccc4)C(C)(C)[C@@H]3C=C(CO)C[C@]2(O)C1=O. The van der Waals surface area contributed by atoms with Crippen molar-refractivity contribution in [2.45, 2.75) is 76.7 Å². The van der Waals surface area contributed by atoms with E-state index in [1.165, 1.54) is 0 Å². The zero-order valence-electron chi connectivity index (χ0n) is 21.8. The average molecular weight is 498 g/mol. The first kappa shape index (κ1) is 26.7. The number of hydrogen-bond donors (Lipinski definition) is 4. The van der Waals surface area contributed by atoms with Crippen molar-refractivity contribution in [2.75, 3.05) is 6.61 Å². The first-order valence-electron chi connectivity index (χ1n) is 12.7.